The van der Waals surface area contributed by atoms with Crippen LogP contribution in [0.4, 0.5) is 5.69 Å². The molecule has 1 aliphatic rings. The van der Waals surface area contributed by atoms with Gasteiger partial charge in [-0.25, -0.2) is 0 Å². The van der Waals surface area contributed by atoms with E-state index in [1.165, 1.54) is 19.3 Å². The molecule has 1 saturated carbocycles. The number of nitrogen functional groups attached to an aromatic ring is 1. The van der Waals surface area contributed by atoms with Crippen LogP contribution in [0.2, 0.25) is 0 Å². The van der Waals surface area contributed by atoms with Crippen molar-refractivity contribution >= 4 is 24.0 Å². The summed E-state index contributed by atoms with van der Waals surface area (Å²) < 4.78 is 0. The van der Waals surface area contributed by atoms with E-state index in [-0.39, 0.29) is 18.3 Å². The van der Waals surface area contributed by atoms with Crippen LogP contribution < -0.4 is 11.1 Å². The van der Waals surface area contributed by atoms with Gasteiger partial charge in [0.15, 0.2) is 0 Å². The number of carbonyl (C=O) groups is 1. The summed E-state index contributed by atoms with van der Waals surface area (Å²) in [6, 6.07) is 8.13. The lowest BCUT2D eigenvalue weighted by Crippen LogP contribution is -2.41. The van der Waals surface area contributed by atoms with Crippen molar-refractivity contribution in [3.63, 3.8) is 0 Å². The number of carbonyl (C=O) groups excluding carboxylic acids is 1. The average Bonchev–Trinajstić information content (AvgIpc) is 2.40. The molecular weight excluding hydrogens is 272 g/mol. The van der Waals surface area contributed by atoms with Crippen LogP contribution in [0.1, 0.15) is 44.6 Å². The van der Waals surface area contributed by atoms with Crippen molar-refractivity contribution in [3.8, 4) is 0 Å². The normalized spacial score (nSPS) is 21.9. The zero-order chi connectivity index (χ0) is 13.7. The smallest absolute Gasteiger partial charge is 0.220 e. The molecule has 0 aromatic heterocycles. The van der Waals surface area contributed by atoms with E-state index in [1.54, 1.807) is 0 Å². The maximum absolute atomic E-state index is 12.0. The third-order valence-electron chi connectivity index (χ3n) is 4.13. The third-order valence-corrected chi connectivity index (χ3v) is 4.13. The maximum atomic E-state index is 12.0. The first-order chi connectivity index (χ1) is 9.16. The predicted octanol–water partition coefficient (Wildman–Crippen LogP) is 3.32. The van der Waals surface area contributed by atoms with E-state index in [2.05, 4.69) is 12.2 Å². The van der Waals surface area contributed by atoms with Crippen LogP contribution in [0.5, 0.6) is 0 Å². The quantitative estimate of drug-likeness (QED) is 0.838. The van der Waals surface area contributed by atoms with Gasteiger partial charge in [0.2, 0.25) is 5.91 Å². The summed E-state index contributed by atoms with van der Waals surface area (Å²) in [4.78, 5) is 12.0. The van der Waals surface area contributed by atoms with Crippen molar-refractivity contribution in [3.05, 3.63) is 29.8 Å². The summed E-state index contributed by atoms with van der Waals surface area (Å²) in [5.41, 5.74) is 7.72. The highest BCUT2D eigenvalue weighted by Crippen LogP contribution is 2.23. The summed E-state index contributed by atoms with van der Waals surface area (Å²) in [5.74, 6) is 0.765. The molecule has 0 spiro atoms. The Morgan fingerprint density at radius 2 is 2.00 bits per heavy atom. The van der Waals surface area contributed by atoms with Crippen LogP contribution in [0.15, 0.2) is 24.3 Å². The van der Waals surface area contributed by atoms with Crippen molar-refractivity contribution in [2.45, 2.75) is 51.5 Å². The highest BCUT2D eigenvalue weighted by Gasteiger charge is 2.22. The third kappa shape index (κ3) is 4.71. The van der Waals surface area contributed by atoms with Gasteiger partial charge in [0, 0.05) is 18.2 Å². The molecule has 1 fully saturated rings. The van der Waals surface area contributed by atoms with Crippen molar-refractivity contribution < 1.29 is 4.79 Å². The summed E-state index contributed by atoms with van der Waals surface area (Å²) in [7, 11) is 0. The minimum atomic E-state index is 0. The number of benzene rings is 1. The first-order valence-electron chi connectivity index (χ1n) is 7.29. The largest absolute Gasteiger partial charge is 0.399 e. The second kappa shape index (κ2) is 8.15. The van der Waals surface area contributed by atoms with Crippen molar-refractivity contribution in [1.29, 1.82) is 0 Å². The first kappa shape index (κ1) is 16.8. The monoisotopic (exact) mass is 296 g/mol. The van der Waals surface area contributed by atoms with Gasteiger partial charge in [0.25, 0.3) is 0 Å². The van der Waals surface area contributed by atoms with E-state index < -0.39 is 0 Å². The Kier molecular flexibility index (Phi) is 6.86. The Morgan fingerprint density at radius 3 is 2.70 bits per heavy atom. The van der Waals surface area contributed by atoms with Gasteiger partial charge in [-0.1, -0.05) is 38.0 Å². The molecular formula is C16H25ClN2O. The number of aryl methyl sites for hydroxylation is 1. The number of anilines is 1. The van der Waals surface area contributed by atoms with E-state index in [0.717, 1.165) is 24.1 Å². The average molecular weight is 297 g/mol. The van der Waals surface area contributed by atoms with Gasteiger partial charge < -0.3 is 11.1 Å². The Balaban J connectivity index is 0.00000200. The standard InChI is InChI=1S/C16H24N2O.ClH/c1-12-6-2-5-9-15(12)18-16(19)11-10-13-7-3-4-8-14(13)17;/h3-4,7-8,12,15H,2,5-6,9-11,17H2,1H3,(H,18,19);1H. The molecule has 1 amide bonds. The van der Waals surface area contributed by atoms with Crippen molar-refractivity contribution in [1.82, 2.24) is 5.32 Å². The lowest BCUT2D eigenvalue weighted by atomic mass is 9.86. The second-order valence-corrected chi connectivity index (χ2v) is 5.63. The first-order valence-corrected chi connectivity index (χ1v) is 7.29. The molecule has 0 radical (unpaired) electrons. The number of nitrogens with one attached hydrogen (secondary N) is 1. The van der Waals surface area contributed by atoms with Crippen LogP contribution >= 0.6 is 12.4 Å². The summed E-state index contributed by atoms with van der Waals surface area (Å²) >= 11 is 0. The fourth-order valence-corrected chi connectivity index (χ4v) is 2.82. The van der Waals surface area contributed by atoms with Crippen LogP contribution in [0.25, 0.3) is 0 Å². The van der Waals surface area contributed by atoms with Crippen LogP contribution in [-0.4, -0.2) is 11.9 Å². The summed E-state index contributed by atoms with van der Waals surface area (Å²) in [5, 5.41) is 3.18. The Labute approximate surface area is 127 Å². The van der Waals surface area contributed by atoms with Crippen molar-refractivity contribution in [2.24, 2.45) is 5.92 Å². The number of para-hydroxylation sites is 1. The maximum Gasteiger partial charge on any atom is 0.220 e. The van der Waals surface area contributed by atoms with Crippen LogP contribution in [-0.2, 0) is 11.2 Å². The summed E-state index contributed by atoms with van der Waals surface area (Å²) in [6.07, 6.45) is 6.14. The number of hydrogen-bond acceptors (Lipinski definition) is 2. The highest BCUT2D eigenvalue weighted by molar-refractivity contribution is 5.85. The Morgan fingerprint density at radius 1 is 1.30 bits per heavy atom. The van der Waals surface area contributed by atoms with Gasteiger partial charge in [-0.05, 0) is 36.8 Å². The van der Waals surface area contributed by atoms with E-state index >= 15 is 0 Å². The van der Waals surface area contributed by atoms with Gasteiger partial charge in [0.05, 0.1) is 0 Å². The van der Waals surface area contributed by atoms with Gasteiger partial charge in [-0.2, -0.15) is 0 Å². The minimum Gasteiger partial charge on any atom is -0.399 e. The molecule has 112 valence electrons. The lowest BCUT2D eigenvalue weighted by molar-refractivity contribution is -0.122. The molecule has 0 bridgehead atoms. The van der Waals surface area contributed by atoms with Gasteiger partial charge in [0.1, 0.15) is 0 Å². The molecule has 2 unspecified atom stereocenters. The number of nitrogens with two attached hydrogens (primary N) is 1. The molecule has 4 heteroatoms. The molecule has 0 saturated heterocycles. The van der Waals surface area contributed by atoms with Gasteiger partial charge in [-0.3, -0.25) is 4.79 Å². The molecule has 2 rings (SSSR count). The van der Waals surface area contributed by atoms with Crippen molar-refractivity contribution in [2.75, 3.05) is 5.73 Å². The second-order valence-electron chi connectivity index (χ2n) is 5.63. The predicted molar refractivity (Wildman–Crippen MR) is 86.0 cm³/mol. The molecule has 3 N–H and O–H groups in total. The Hall–Kier alpha value is -1.22. The fraction of sp³-hybridized carbons (Fsp3) is 0.562. The number of halogens is 1. The lowest BCUT2D eigenvalue weighted by Gasteiger charge is -2.29. The molecule has 1 aromatic rings. The van der Waals surface area contributed by atoms with Crippen LogP contribution in [0.3, 0.4) is 0 Å². The fourth-order valence-electron chi connectivity index (χ4n) is 2.82. The number of hydrogen-bond donors (Lipinski definition) is 2. The minimum absolute atomic E-state index is 0. The number of amides is 1. The Bertz CT molecular complexity index is 436. The molecule has 1 aliphatic carbocycles. The molecule has 0 heterocycles. The zero-order valence-corrected chi connectivity index (χ0v) is 12.9. The molecule has 3 nitrogen and oxygen atoms in total. The summed E-state index contributed by atoms with van der Waals surface area (Å²) in [6.45, 7) is 2.24. The van der Waals surface area contributed by atoms with Crippen LogP contribution in [0, 0.1) is 5.92 Å². The van der Waals surface area contributed by atoms with E-state index in [4.69, 9.17) is 5.73 Å². The van der Waals surface area contributed by atoms with E-state index in [0.29, 0.717) is 18.4 Å². The van der Waals surface area contributed by atoms with Gasteiger partial charge >= 0.3 is 0 Å². The topological polar surface area (TPSA) is 55.1 Å². The highest BCUT2D eigenvalue weighted by atomic mass is 35.5. The zero-order valence-electron chi connectivity index (χ0n) is 12.1. The van der Waals surface area contributed by atoms with E-state index in [9.17, 15) is 4.79 Å². The van der Waals surface area contributed by atoms with Gasteiger partial charge in [-0.15, -0.1) is 12.4 Å². The molecule has 1 aromatic carbocycles. The molecule has 2 atom stereocenters. The SMILES string of the molecule is CC1CCCCC1NC(=O)CCc1ccccc1N.Cl. The van der Waals surface area contributed by atoms with E-state index in [1.807, 2.05) is 24.3 Å². The number of rotatable bonds is 4. The molecule has 20 heavy (non-hydrogen) atoms. The molecule has 0 aliphatic heterocycles.